The molecule has 0 aliphatic carbocycles. The van der Waals surface area contributed by atoms with Gasteiger partial charge in [-0.2, -0.15) is 0 Å². The van der Waals surface area contributed by atoms with Crippen LogP contribution in [0.4, 0.5) is 0 Å². The van der Waals surface area contributed by atoms with Crippen LogP contribution in [0.25, 0.3) is 10.9 Å². The number of para-hydroxylation sites is 1. The number of amides is 1. The Bertz CT molecular complexity index is 857. The molecule has 130 valence electrons. The molecule has 0 fully saturated rings. The van der Waals surface area contributed by atoms with E-state index in [2.05, 4.69) is 16.4 Å². The van der Waals surface area contributed by atoms with Gasteiger partial charge < -0.3 is 19.8 Å². The number of aromatic nitrogens is 1. The maximum absolute atomic E-state index is 12.2. The molecule has 0 saturated carbocycles. The molecule has 1 aromatic heterocycles. The number of hydrogen-bond donors (Lipinski definition) is 2. The van der Waals surface area contributed by atoms with Crippen LogP contribution < -0.4 is 14.8 Å². The molecule has 5 nitrogen and oxygen atoms in total. The van der Waals surface area contributed by atoms with Gasteiger partial charge in [0.15, 0.2) is 6.10 Å². The van der Waals surface area contributed by atoms with Gasteiger partial charge in [0.1, 0.15) is 11.5 Å². The van der Waals surface area contributed by atoms with Gasteiger partial charge in [0.05, 0.1) is 7.11 Å². The Morgan fingerprint density at radius 1 is 1.16 bits per heavy atom. The monoisotopic (exact) mass is 338 g/mol. The summed E-state index contributed by atoms with van der Waals surface area (Å²) in [6.07, 6.45) is 2.18. The average molecular weight is 338 g/mol. The van der Waals surface area contributed by atoms with E-state index in [1.165, 1.54) is 10.9 Å². The van der Waals surface area contributed by atoms with E-state index in [1.807, 2.05) is 36.5 Å². The molecule has 2 N–H and O–H groups in total. The highest BCUT2D eigenvalue weighted by Crippen LogP contribution is 2.20. The third kappa shape index (κ3) is 4.12. The van der Waals surface area contributed by atoms with Gasteiger partial charge in [-0.15, -0.1) is 0 Å². The van der Waals surface area contributed by atoms with Gasteiger partial charge in [0, 0.05) is 29.7 Å². The zero-order chi connectivity index (χ0) is 17.6. The Morgan fingerprint density at radius 2 is 1.96 bits per heavy atom. The highest BCUT2D eigenvalue weighted by molar-refractivity contribution is 5.83. The Labute approximate surface area is 147 Å². The zero-order valence-corrected chi connectivity index (χ0v) is 14.4. The van der Waals surface area contributed by atoms with Crippen LogP contribution >= 0.6 is 0 Å². The van der Waals surface area contributed by atoms with Gasteiger partial charge in [-0.3, -0.25) is 4.79 Å². The summed E-state index contributed by atoms with van der Waals surface area (Å²) in [6, 6.07) is 15.4. The minimum absolute atomic E-state index is 0.136. The molecule has 2 aromatic carbocycles. The number of H-pyrrole nitrogens is 1. The quantitative estimate of drug-likeness (QED) is 0.695. The first kappa shape index (κ1) is 16.9. The molecule has 3 aromatic rings. The SMILES string of the molecule is COc1cccc(OC(C)C(=O)NCCc2c[nH]c3ccccc23)c1. The van der Waals surface area contributed by atoms with Crippen LogP contribution in [0.1, 0.15) is 12.5 Å². The number of nitrogens with one attached hydrogen (secondary N) is 2. The molecule has 25 heavy (non-hydrogen) atoms. The van der Waals surface area contributed by atoms with Crippen molar-refractivity contribution in [2.45, 2.75) is 19.4 Å². The second kappa shape index (κ2) is 7.75. The van der Waals surface area contributed by atoms with Crippen LogP contribution in [0.5, 0.6) is 11.5 Å². The van der Waals surface area contributed by atoms with Crippen LogP contribution in [-0.4, -0.2) is 30.6 Å². The molecule has 0 saturated heterocycles. The minimum Gasteiger partial charge on any atom is -0.497 e. The predicted molar refractivity (Wildman–Crippen MR) is 98.1 cm³/mol. The van der Waals surface area contributed by atoms with E-state index < -0.39 is 6.10 Å². The summed E-state index contributed by atoms with van der Waals surface area (Å²) < 4.78 is 10.8. The van der Waals surface area contributed by atoms with Crippen molar-refractivity contribution in [2.75, 3.05) is 13.7 Å². The summed E-state index contributed by atoms with van der Waals surface area (Å²) in [5.74, 6) is 1.17. The van der Waals surface area contributed by atoms with Gasteiger partial charge in [-0.05, 0) is 37.1 Å². The molecule has 0 radical (unpaired) electrons. The van der Waals surface area contributed by atoms with Crippen LogP contribution in [0.2, 0.25) is 0 Å². The fourth-order valence-electron chi connectivity index (χ4n) is 2.73. The van der Waals surface area contributed by atoms with Crippen molar-refractivity contribution in [1.29, 1.82) is 0 Å². The average Bonchev–Trinajstić information content (AvgIpc) is 3.05. The minimum atomic E-state index is -0.574. The molecule has 1 amide bonds. The lowest BCUT2D eigenvalue weighted by Crippen LogP contribution is -2.37. The molecule has 0 aliphatic rings. The van der Waals surface area contributed by atoms with E-state index in [4.69, 9.17) is 9.47 Å². The maximum atomic E-state index is 12.2. The van der Waals surface area contributed by atoms with Crippen molar-refractivity contribution in [3.05, 3.63) is 60.3 Å². The number of fused-ring (bicyclic) bond motifs is 1. The van der Waals surface area contributed by atoms with Gasteiger partial charge in [-0.25, -0.2) is 0 Å². The molecular formula is C20H22N2O3. The first-order chi connectivity index (χ1) is 12.2. The standard InChI is InChI=1S/C20H22N2O3/c1-14(25-17-7-5-6-16(12-17)24-2)20(23)21-11-10-15-13-22-19-9-4-3-8-18(15)19/h3-9,12-14,22H,10-11H2,1-2H3,(H,21,23). The second-order valence-electron chi connectivity index (χ2n) is 5.84. The van der Waals surface area contributed by atoms with E-state index in [9.17, 15) is 4.79 Å². The number of aromatic amines is 1. The molecule has 5 heteroatoms. The molecule has 0 bridgehead atoms. The number of hydrogen-bond acceptors (Lipinski definition) is 3. The number of carbonyl (C=O) groups excluding carboxylic acids is 1. The maximum Gasteiger partial charge on any atom is 0.260 e. The summed E-state index contributed by atoms with van der Waals surface area (Å²) in [4.78, 5) is 15.5. The summed E-state index contributed by atoms with van der Waals surface area (Å²) in [5, 5.41) is 4.12. The number of benzene rings is 2. The van der Waals surface area contributed by atoms with Crippen molar-refractivity contribution in [2.24, 2.45) is 0 Å². The summed E-state index contributed by atoms with van der Waals surface area (Å²) in [5.41, 5.74) is 2.30. The first-order valence-electron chi connectivity index (χ1n) is 8.31. The number of methoxy groups -OCH3 is 1. The number of ether oxygens (including phenoxy) is 2. The third-order valence-electron chi connectivity index (χ3n) is 4.09. The molecule has 1 unspecified atom stereocenters. The molecule has 0 spiro atoms. The van der Waals surface area contributed by atoms with Crippen molar-refractivity contribution in [1.82, 2.24) is 10.3 Å². The van der Waals surface area contributed by atoms with Gasteiger partial charge in [0.2, 0.25) is 0 Å². The topological polar surface area (TPSA) is 63.4 Å². The van der Waals surface area contributed by atoms with Crippen molar-refractivity contribution in [3.63, 3.8) is 0 Å². The lowest BCUT2D eigenvalue weighted by molar-refractivity contribution is -0.127. The Kier molecular flexibility index (Phi) is 5.23. The van der Waals surface area contributed by atoms with E-state index in [0.29, 0.717) is 18.0 Å². The van der Waals surface area contributed by atoms with Gasteiger partial charge >= 0.3 is 0 Å². The van der Waals surface area contributed by atoms with Crippen LogP contribution in [-0.2, 0) is 11.2 Å². The molecule has 0 aliphatic heterocycles. The molecule has 1 atom stereocenters. The fraction of sp³-hybridized carbons (Fsp3) is 0.250. The zero-order valence-electron chi connectivity index (χ0n) is 14.4. The van der Waals surface area contributed by atoms with Crippen molar-refractivity contribution >= 4 is 16.8 Å². The Hall–Kier alpha value is -2.95. The smallest absolute Gasteiger partial charge is 0.260 e. The Balaban J connectivity index is 1.51. The number of carbonyl (C=O) groups is 1. The fourth-order valence-corrected chi connectivity index (χ4v) is 2.73. The summed E-state index contributed by atoms with van der Waals surface area (Å²) in [7, 11) is 1.60. The van der Waals surface area contributed by atoms with E-state index >= 15 is 0 Å². The van der Waals surface area contributed by atoms with Crippen LogP contribution in [0.15, 0.2) is 54.7 Å². The van der Waals surface area contributed by atoms with Crippen LogP contribution in [0, 0.1) is 0 Å². The second-order valence-corrected chi connectivity index (χ2v) is 5.84. The first-order valence-corrected chi connectivity index (χ1v) is 8.31. The number of rotatable bonds is 7. The van der Waals surface area contributed by atoms with Gasteiger partial charge in [0.25, 0.3) is 5.91 Å². The lowest BCUT2D eigenvalue weighted by atomic mass is 10.1. The predicted octanol–water partition coefficient (Wildman–Crippen LogP) is 3.30. The Morgan fingerprint density at radius 3 is 2.80 bits per heavy atom. The summed E-state index contributed by atoms with van der Waals surface area (Å²) >= 11 is 0. The third-order valence-corrected chi connectivity index (χ3v) is 4.09. The van der Waals surface area contributed by atoms with E-state index in [0.717, 1.165) is 11.9 Å². The highest BCUT2D eigenvalue weighted by atomic mass is 16.5. The highest BCUT2D eigenvalue weighted by Gasteiger charge is 2.14. The van der Waals surface area contributed by atoms with Crippen molar-refractivity contribution in [3.8, 4) is 11.5 Å². The largest absolute Gasteiger partial charge is 0.497 e. The lowest BCUT2D eigenvalue weighted by Gasteiger charge is -2.15. The van der Waals surface area contributed by atoms with Crippen LogP contribution in [0.3, 0.4) is 0 Å². The molecular weight excluding hydrogens is 316 g/mol. The van der Waals surface area contributed by atoms with Gasteiger partial charge in [-0.1, -0.05) is 24.3 Å². The van der Waals surface area contributed by atoms with Crippen molar-refractivity contribution < 1.29 is 14.3 Å². The molecule has 1 heterocycles. The van der Waals surface area contributed by atoms with E-state index in [-0.39, 0.29) is 5.91 Å². The molecule has 3 rings (SSSR count). The normalized spacial score (nSPS) is 11.9. The van der Waals surface area contributed by atoms with E-state index in [1.54, 1.807) is 26.2 Å². The summed E-state index contributed by atoms with van der Waals surface area (Å²) in [6.45, 7) is 2.30.